The van der Waals surface area contributed by atoms with Crippen molar-refractivity contribution >= 4 is 39.5 Å². The van der Waals surface area contributed by atoms with Crippen LogP contribution in [0.25, 0.3) is 0 Å². The van der Waals surface area contributed by atoms with Crippen molar-refractivity contribution in [3.8, 4) is 0 Å². The molecule has 0 aromatic carbocycles. The average Bonchev–Trinajstić information content (AvgIpc) is 1.60. The summed E-state index contributed by atoms with van der Waals surface area (Å²) in [4.78, 5) is 73.0. The Hall–Kier alpha value is -1.94. The van der Waals surface area contributed by atoms with Crippen LogP contribution in [0.1, 0.15) is 426 Å². The van der Waals surface area contributed by atoms with E-state index in [1.165, 1.54) is 250 Å². The summed E-state index contributed by atoms with van der Waals surface area (Å²) in [6, 6.07) is 0. The van der Waals surface area contributed by atoms with Gasteiger partial charge in [0.2, 0.25) is 0 Å². The van der Waals surface area contributed by atoms with Gasteiger partial charge in [-0.05, 0) is 31.6 Å². The van der Waals surface area contributed by atoms with E-state index in [0.29, 0.717) is 25.7 Å². The largest absolute Gasteiger partial charge is 0.472 e. The molecule has 0 saturated carbocycles. The highest BCUT2D eigenvalue weighted by molar-refractivity contribution is 7.47. The maximum Gasteiger partial charge on any atom is 0.472 e. The molecule has 0 fully saturated rings. The zero-order valence-electron chi connectivity index (χ0n) is 64.6. The lowest BCUT2D eigenvalue weighted by Gasteiger charge is -2.21. The Kier molecular flexibility index (Phi) is 71.6. The van der Waals surface area contributed by atoms with Crippen LogP contribution in [0.3, 0.4) is 0 Å². The first-order valence-corrected chi connectivity index (χ1v) is 44.6. The van der Waals surface area contributed by atoms with E-state index >= 15 is 0 Å². The first kappa shape index (κ1) is 97.1. The molecule has 3 N–H and O–H groups in total. The second-order valence-electron chi connectivity index (χ2n) is 29.3. The third kappa shape index (κ3) is 74.1. The van der Waals surface area contributed by atoms with Gasteiger partial charge in [0.25, 0.3) is 0 Å². The molecule has 0 aliphatic heterocycles. The highest BCUT2D eigenvalue weighted by Crippen LogP contribution is 2.45. The van der Waals surface area contributed by atoms with Crippen LogP contribution in [0.2, 0.25) is 0 Å². The average molecular weight is 1450 g/mol. The third-order valence-corrected chi connectivity index (χ3v) is 20.7. The Morgan fingerprint density at radius 1 is 0.273 bits per heavy atom. The van der Waals surface area contributed by atoms with Gasteiger partial charge in [0.1, 0.15) is 19.3 Å². The second-order valence-corrected chi connectivity index (χ2v) is 32.2. The molecule has 5 atom stereocenters. The number of unbranched alkanes of at least 4 members (excludes halogenated alkanes) is 52. The Bertz CT molecular complexity index is 1890. The number of aliphatic hydroxyl groups is 1. The number of ether oxygens (including phenoxy) is 4. The number of carbonyl (C=O) groups is 4. The first-order chi connectivity index (χ1) is 48.0. The van der Waals surface area contributed by atoms with Gasteiger partial charge >= 0.3 is 39.5 Å². The van der Waals surface area contributed by atoms with E-state index in [1.54, 1.807) is 0 Å². The number of esters is 4. The molecule has 588 valence electrons. The summed E-state index contributed by atoms with van der Waals surface area (Å²) in [6.45, 7) is 7.32. The molecule has 0 radical (unpaired) electrons. The van der Waals surface area contributed by atoms with E-state index in [2.05, 4.69) is 34.6 Å². The van der Waals surface area contributed by atoms with Gasteiger partial charge in [-0.3, -0.25) is 37.3 Å². The van der Waals surface area contributed by atoms with Crippen molar-refractivity contribution in [1.82, 2.24) is 0 Å². The summed E-state index contributed by atoms with van der Waals surface area (Å²) in [5, 5.41) is 10.6. The van der Waals surface area contributed by atoms with Crippen molar-refractivity contribution in [3.05, 3.63) is 0 Å². The van der Waals surface area contributed by atoms with Crippen molar-refractivity contribution in [2.24, 2.45) is 5.92 Å². The zero-order valence-corrected chi connectivity index (χ0v) is 66.4. The van der Waals surface area contributed by atoms with Crippen molar-refractivity contribution in [2.75, 3.05) is 39.6 Å². The highest BCUT2D eigenvalue weighted by Gasteiger charge is 2.30. The summed E-state index contributed by atoms with van der Waals surface area (Å²) < 4.78 is 68.7. The minimum Gasteiger partial charge on any atom is -0.462 e. The number of hydrogen-bond acceptors (Lipinski definition) is 15. The van der Waals surface area contributed by atoms with Gasteiger partial charge in [0.05, 0.1) is 26.4 Å². The molecule has 0 aromatic heterocycles. The smallest absolute Gasteiger partial charge is 0.462 e. The topological polar surface area (TPSA) is 237 Å². The highest BCUT2D eigenvalue weighted by atomic mass is 31.2. The Morgan fingerprint density at radius 3 is 0.687 bits per heavy atom. The number of phosphoric ester groups is 2. The molecule has 2 unspecified atom stereocenters. The van der Waals surface area contributed by atoms with Crippen molar-refractivity contribution in [2.45, 2.75) is 445 Å². The lowest BCUT2D eigenvalue weighted by Crippen LogP contribution is -2.30. The van der Waals surface area contributed by atoms with Gasteiger partial charge in [0, 0.05) is 25.7 Å². The van der Waals surface area contributed by atoms with Crippen LogP contribution in [-0.4, -0.2) is 96.7 Å². The van der Waals surface area contributed by atoms with E-state index < -0.39 is 97.5 Å². The van der Waals surface area contributed by atoms with Crippen LogP contribution in [0.4, 0.5) is 0 Å². The number of carbonyl (C=O) groups excluding carboxylic acids is 4. The monoisotopic (exact) mass is 1450 g/mol. The minimum atomic E-state index is -4.96. The number of aliphatic hydroxyl groups excluding tert-OH is 1. The second kappa shape index (κ2) is 73.0. The van der Waals surface area contributed by atoms with Gasteiger partial charge in [-0.25, -0.2) is 9.13 Å². The van der Waals surface area contributed by atoms with Crippen LogP contribution in [0, 0.1) is 5.92 Å². The summed E-state index contributed by atoms with van der Waals surface area (Å²) in [5.41, 5.74) is 0. The van der Waals surface area contributed by atoms with E-state index in [0.717, 1.165) is 95.8 Å². The molecule has 0 aliphatic carbocycles. The number of phosphoric acid groups is 2. The van der Waals surface area contributed by atoms with E-state index in [-0.39, 0.29) is 25.7 Å². The molecule has 0 rings (SSSR count). The summed E-state index contributed by atoms with van der Waals surface area (Å²) in [5.74, 6) is -1.35. The molecule has 17 nitrogen and oxygen atoms in total. The quantitative estimate of drug-likeness (QED) is 0.0222. The maximum atomic E-state index is 13.1. The lowest BCUT2D eigenvalue weighted by atomic mass is 10.0. The van der Waals surface area contributed by atoms with Gasteiger partial charge in [-0.1, -0.05) is 375 Å². The van der Waals surface area contributed by atoms with Crippen LogP contribution in [-0.2, 0) is 65.4 Å². The van der Waals surface area contributed by atoms with E-state index in [4.69, 9.17) is 37.0 Å². The van der Waals surface area contributed by atoms with Gasteiger partial charge < -0.3 is 33.8 Å². The predicted octanol–water partition coefficient (Wildman–Crippen LogP) is 24.0. The molecule has 99 heavy (non-hydrogen) atoms. The van der Waals surface area contributed by atoms with Crippen LogP contribution in [0.15, 0.2) is 0 Å². The fourth-order valence-electron chi connectivity index (χ4n) is 12.4. The summed E-state index contributed by atoms with van der Waals surface area (Å²) in [7, 11) is -9.92. The molecule has 19 heteroatoms. The fourth-order valence-corrected chi connectivity index (χ4v) is 14.0. The molecule has 0 amide bonds. The Balaban J connectivity index is 5.23. The van der Waals surface area contributed by atoms with Crippen LogP contribution >= 0.6 is 15.6 Å². The molecule has 0 spiro atoms. The minimum absolute atomic E-state index is 0.108. The molecule has 0 aromatic rings. The molecule has 0 saturated heterocycles. The van der Waals surface area contributed by atoms with E-state index in [9.17, 15) is 43.2 Å². The molecule has 0 aliphatic rings. The number of hydrogen-bond donors (Lipinski definition) is 3. The molecule has 0 bridgehead atoms. The van der Waals surface area contributed by atoms with Crippen molar-refractivity contribution < 1.29 is 80.2 Å². The van der Waals surface area contributed by atoms with Crippen LogP contribution < -0.4 is 0 Å². The zero-order chi connectivity index (χ0) is 72.7. The van der Waals surface area contributed by atoms with E-state index in [1.807, 2.05) is 0 Å². The van der Waals surface area contributed by atoms with Gasteiger partial charge in [0.15, 0.2) is 12.2 Å². The molecular formula is C80H156O17P2. The maximum absolute atomic E-state index is 13.1. The SMILES string of the molecule is CCCCCCCCCCCCCCCCCCCCCCC(=O)O[C@H](COC(=O)CCCCCCCCCCCCC(C)C)COP(=O)(O)OC[C@@H](O)COP(=O)(O)OC[C@@H](COC(=O)CCCCCCCCCCCCCCC)OC(=O)CCCCCCCCCCCCCCC. The third-order valence-electron chi connectivity index (χ3n) is 18.8. The van der Waals surface area contributed by atoms with Crippen molar-refractivity contribution in [1.29, 1.82) is 0 Å². The number of rotatable bonds is 80. The summed E-state index contributed by atoms with van der Waals surface area (Å²) >= 11 is 0. The van der Waals surface area contributed by atoms with Gasteiger partial charge in [-0.15, -0.1) is 0 Å². The normalized spacial score (nSPS) is 13.9. The summed E-state index contributed by atoms with van der Waals surface area (Å²) in [6.07, 6.45) is 63.7. The molecular weight excluding hydrogens is 1290 g/mol. The Labute approximate surface area is 607 Å². The predicted molar refractivity (Wildman–Crippen MR) is 405 cm³/mol. The standard InChI is InChI=1S/C80H156O17P2/c1-6-9-12-15-18-21-24-27-28-29-30-31-32-33-36-39-46-51-56-61-66-80(85)97-76(70-91-78(83)64-59-54-49-44-41-40-42-47-52-57-62-73(4)5)72-95-99(88,89)93-68-74(81)67-92-98(86,87)94-71-75(96-79(84)65-60-55-50-45-38-35-26-23-20-17-14-11-8-3)69-90-77(82)63-58-53-48-43-37-34-25-22-19-16-13-10-7-2/h73-76,81H,6-72H2,1-5H3,(H,86,87)(H,88,89)/t74-,75+,76+/m0/s1. The van der Waals surface area contributed by atoms with Crippen LogP contribution in [0.5, 0.6) is 0 Å². The Morgan fingerprint density at radius 2 is 0.465 bits per heavy atom. The first-order valence-electron chi connectivity index (χ1n) is 41.6. The fraction of sp³-hybridized carbons (Fsp3) is 0.950. The lowest BCUT2D eigenvalue weighted by molar-refractivity contribution is -0.161. The van der Waals surface area contributed by atoms with Gasteiger partial charge in [-0.2, -0.15) is 0 Å². The van der Waals surface area contributed by atoms with Crippen molar-refractivity contribution in [3.63, 3.8) is 0 Å². The molecule has 0 heterocycles.